The van der Waals surface area contributed by atoms with Crippen LogP contribution in [0.4, 0.5) is 0 Å². The Hall–Kier alpha value is -2.08. The Morgan fingerprint density at radius 1 is 1.21 bits per heavy atom. The zero-order valence-corrected chi connectivity index (χ0v) is 17.6. The van der Waals surface area contributed by atoms with Gasteiger partial charge in [-0.3, -0.25) is 4.90 Å². The molecule has 148 valence electrons. The molecule has 1 saturated carbocycles. The summed E-state index contributed by atoms with van der Waals surface area (Å²) in [5, 5.41) is 16.5. The number of rotatable bonds is 3. The highest BCUT2D eigenvalue weighted by molar-refractivity contribution is 7.19. The lowest BCUT2D eigenvalue weighted by atomic mass is 9.80. The molecular formula is C23H21ClN2O2S. The lowest BCUT2D eigenvalue weighted by molar-refractivity contribution is -0.0854. The second kappa shape index (κ2) is 6.46. The molecular weight excluding hydrogens is 404 g/mol. The van der Waals surface area contributed by atoms with Gasteiger partial charge in [-0.25, -0.2) is 0 Å². The minimum atomic E-state index is -0.126. The van der Waals surface area contributed by atoms with Crippen LogP contribution in [0.1, 0.15) is 47.7 Å². The summed E-state index contributed by atoms with van der Waals surface area (Å²) in [5.41, 5.74) is 3.44. The molecule has 2 aliphatic heterocycles. The molecule has 1 aliphatic carbocycles. The van der Waals surface area contributed by atoms with Crippen LogP contribution in [-0.2, 0) is 11.4 Å². The molecule has 6 rings (SSSR count). The smallest absolute Gasteiger partial charge is 0.194 e. The Morgan fingerprint density at radius 3 is 2.83 bits per heavy atom. The van der Waals surface area contributed by atoms with Crippen molar-refractivity contribution in [3.8, 4) is 5.75 Å². The summed E-state index contributed by atoms with van der Waals surface area (Å²) in [6, 6.07) is 14.3. The molecule has 3 atom stereocenters. The van der Waals surface area contributed by atoms with Crippen molar-refractivity contribution in [3.63, 3.8) is 0 Å². The number of halogens is 1. The van der Waals surface area contributed by atoms with Gasteiger partial charge in [-0.15, -0.1) is 11.3 Å². The summed E-state index contributed by atoms with van der Waals surface area (Å²) in [6.45, 7) is 2.75. The maximum atomic E-state index is 10.2. The van der Waals surface area contributed by atoms with Crippen LogP contribution in [0.15, 0.2) is 47.6 Å². The first kappa shape index (κ1) is 17.8. The Balaban J connectivity index is 1.48. The van der Waals surface area contributed by atoms with Crippen molar-refractivity contribution < 1.29 is 9.94 Å². The van der Waals surface area contributed by atoms with E-state index in [2.05, 4.69) is 34.3 Å². The maximum absolute atomic E-state index is 10.2. The van der Waals surface area contributed by atoms with Crippen LogP contribution in [-0.4, -0.2) is 21.9 Å². The molecule has 3 heterocycles. The molecule has 29 heavy (non-hydrogen) atoms. The van der Waals surface area contributed by atoms with Crippen molar-refractivity contribution in [2.45, 2.75) is 44.5 Å². The summed E-state index contributed by atoms with van der Waals surface area (Å²) >= 11 is 8.55. The van der Waals surface area contributed by atoms with Crippen molar-refractivity contribution in [2.24, 2.45) is 11.1 Å². The summed E-state index contributed by atoms with van der Waals surface area (Å²) in [6.07, 6.45) is 2.28. The van der Waals surface area contributed by atoms with E-state index in [1.165, 1.54) is 28.7 Å². The van der Waals surface area contributed by atoms with Gasteiger partial charge < -0.3 is 9.94 Å². The van der Waals surface area contributed by atoms with E-state index in [1.54, 1.807) is 17.4 Å². The normalized spacial score (nSPS) is 26.1. The van der Waals surface area contributed by atoms with E-state index in [0.717, 1.165) is 27.5 Å². The topological polar surface area (TPSA) is 45.1 Å². The van der Waals surface area contributed by atoms with Gasteiger partial charge in [0, 0.05) is 27.5 Å². The Bertz CT molecular complexity index is 1150. The minimum Gasteiger partial charge on any atom is -0.508 e. The second-order valence-corrected chi connectivity index (χ2v) is 9.82. The van der Waals surface area contributed by atoms with Crippen LogP contribution in [0.5, 0.6) is 5.75 Å². The highest BCUT2D eigenvalue weighted by Gasteiger charge is 2.51. The number of hydrogen-bond acceptors (Lipinski definition) is 5. The fourth-order valence-corrected chi connectivity index (χ4v) is 6.49. The highest BCUT2D eigenvalue weighted by Crippen LogP contribution is 2.54. The van der Waals surface area contributed by atoms with Crippen LogP contribution in [0.25, 0.3) is 10.1 Å². The van der Waals surface area contributed by atoms with E-state index in [0.29, 0.717) is 11.7 Å². The summed E-state index contributed by atoms with van der Waals surface area (Å²) < 4.78 is 1.21. The number of nitrogens with zero attached hydrogens (tertiary/aromatic N) is 2. The van der Waals surface area contributed by atoms with Crippen molar-refractivity contribution in [3.05, 3.63) is 63.5 Å². The Kier molecular flexibility index (Phi) is 3.95. The van der Waals surface area contributed by atoms with Crippen LogP contribution < -0.4 is 0 Å². The first-order valence-electron chi connectivity index (χ1n) is 10.1. The van der Waals surface area contributed by atoms with Gasteiger partial charge in [0.15, 0.2) is 6.23 Å². The molecule has 1 N–H and O–H groups in total. The van der Waals surface area contributed by atoms with Crippen LogP contribution in [0.2, 0.25) is 5.02 Å². The van der Waals surface area contributed by atoms with Crippen LogP contribution >= 0.6 is 22.9 Å². The third kappa shape index (κ3) is 2.71. The number of thiophene rings is 1. The zero-order chi connectivity index (χ0) is 19.7. The van der Waals surface area contributed by atoms with Gasteiger partial charge in [0.1, 0.15) is 5.75 Å². The SMILES string of the molecule is CC1=NO[C@@H]2[C@H]1c1ccc(O)cc1[C@@H](C1CC1)N2Cc1sc2ccccc2c1Cl. The van der Waals surface area contributed by atoms with E-state index < -0.39 is 0 Å². The highest BCUT2D eigenvalue weighted by atomic mass is 35.5. The van der Waals surface area contributed by atoms with E-state index in [1.807, 2.05) is 19.1 Å². The van der Waals surface area contributed by atoms with E-state index in [9.17, 15) is 5.11 Å². The number of fused-ring (bicyclic) bond motifs is 4. The summed E-state index contributed by atoms with van der Waals surface area (Å²) in [4.78, 5) is 9.57. The molecule has 2 aromatic carbocycles. The lowest BCUT2D eigenvalue weighted by Crippen LogP contribution is -2.46. The fourth-order valence-electron chi connectivity index (χ4n) is 4.99. The average molecular weight is 425 g/mol. The number of benzene rings is 2. The Morgan fingerprint density at radius 2 is 2.03 bits per heavy atom. The summed E-state index contributed by atoms with van der Waals surface area (Å²) in [7, 11) is 0. The predicted molar refractivity (Wildman–Crippen MR) is 117 cm³/mol. The van der Waals surface area contributed by atoms with Crippen molar-refractivity contribution in [1.82, 2.24) is 4.90 Å². The van der Waals surface area contributed by atoms with Gasteiger partial charge in [0.05, 0.1) is 16.7 Å². The van der Waals surface area contributed by atoms with Gasteiger partial charge in [-0.2, -0.15) is 0 Å². The van der Waals surface area contributed by atoms with Gasteiger partial charge in [0.2, 0.25) is 0 Å². The zero-order valence-electron chi connectivity index (χ0n) is 16.0. The van der Waals surface area contributed by atoms with Gasteiger partial charge in [-0.1, -0.05) is 41.0 Å². The number of oxime groups is 1. The lowest BCUT2D eigenvalue weighted by Gasteiger charge is -2.43. The molecule has 0 bridgehead atoms. The molecule has 1 fully saturated rings. The molecule has 1 aromatic heterocycles. The minimum absolute atomic E-state index is 0.0914. The predicted octanol–water partition coefficient (Wildman–Crippen LogP) is 6.04. The maximum Gasteiger partial charge on any atom is 0.194 e. The molecule has 0 spiro atoms. The molecule has 6 heteroatoms. The molecule has 0 saturated heterocycles. The fraction of sp³-hybridized carbons (Fsp3) is 0.348. The van der Waals surface area contributed by atoms with Crippen molar-refractivity contribution in [1.29, 1.82) is 0 Å². The molecule has 0 radical (unpaired) electrons. The standard InChI is InChI=1S/C23H21ClN2O2S/c1-12-20-15-9-8-14(27)10-17(15)22(13-6-7-13)26(23(20)28-25-12)11-19-21(24)16-4-2-3-5-18(16)29-19/h2-5,8-10,13,20,22-23,27H,6-7,11H2,1H3/t20-,22-,23-/m1/s1. The molecule has 0 amide bonds. The molecule has 0 unspecified atom stereocenters. The van der Waals surface area contributed by atoms with E-state index >= 15 is 0 Å². The molecule has 3 aromatic rings. The number of phenolic OH excluding ortho intramolecular Hbond substituents is 1. The van der Waals surface area contributed by atoms with Crippen LogP contribution in [0.3, 0.4) is 0 Å². The molecule has 4 nitrogen and oxygen atoms in total. The van der Waals surface area contributed by atoms with Gasteiger partial charge in [0.25, 0.3) is 0 Å². The second-order valence-electron chi connectivity index (χ2n) is 8.31. The van der Waals surface area contributed by atoms with Gasteiger partial charge in [-0.05, 0) is 55.0 Å². The van der Waals surface area contributed by atoms with Crippen LogP contribution in [0, 0.1) is 5.92 Å². The first-order valence-corrected chi connectivity index (χ1v) is 11.3. The first-order chi connectivity index (χ1) is 14.1. The van der Waals surface area contributed by atoms with Crippen molar-refractivity contribution in [2.75, 3.05) is 0 Å². The third-order valence-electron chi connectivity index (χ3n) is 6.44. The largest absolute Gasteiger partial charge is 0.508 e. The number of hydrogen-bond donors (Lipinski definition) is 1. The Labute approximate surface area is 178 Å². The van der Waals surface area contributed by atoms with Gasteiger partial charge >= 0.3 is 0 Å². The summed E-state index contributed by atoms with van der Waals surface area (Å²) in [5.74, 6) is 0.990. The van der Waals surface area contributed by atoms with E-state index in [4.69, 9.17) is 16.4 Å². The average Bonchev–Trinajstić information content (AvgIpc) is 3.41. The molecule has 3 aliphatic rings. The van der Waals surface area contributed by atoms with E-state index in [-0.39, 0.29) is 18.2 Å². The quantitative estimate of drug-likeness (QED) is 0.557. The monoisotopic (exact) mass is 424 g/mol. The van der Waals surface area contributed by atoms with Crippen molar-refractivity contribution >= 4 is 38.7 Å². The number of phenols is 1. The third-order valence-corrected chi connectivity index (χ3v) is 8.14. The number of aromatic hydroxyl groups is 1.